The van der Waals surface area contributed by atoms with Gasteiger partial charge >= 0.3 is 0 Å². The summed E-state index contributed by atoms with van der Waals surface area (Å²) in [4.78, 5) is 11.0. The van der Waals surface area contributed by atoms with Crippen LogP contribution in [0.4, 0.5) is 0 Å². The number of unbranched alkanes of at least 4 members (excludes halogenated alkanes) is 2. The van der Waals surface area contributed by atoms with Gasteiger partial charge < -0.3 is 0 Å². The van der Waals surface area contributed by atoms with Gasteiger partial charge in [0.2, 0.25) is 0 Å². The number of hydrogen-bond donors (Lipinski definition) is 1. The van der Waals surface area contributed by atoms with Crippen LogP contribution >= 0.6 is 12.6 Å². The molecule has 0 spiro atoms. The van der Waals surface area contributed by atoms with E-state index >= 15 is 0 Å². The largest absolute Gasteiger partial charge is 0.287 e. The average molecular weight is 214 g/mol. The molecule has 2 heteroatoms. The molecule has 1 nitrogen and oxygen atoms in total. The van der Waals surface area contributed by atoms with Gasteiger partial charge in [0, 0.05) is 5.92 Å². The highest BCUT2D eigenvalue weighted by Gasteiger charge is 2.23. The Morgan fingerprint density at radius 1 is 1.21 bits per heavy atom. The molecule has 0 amide bonds. The highest BCUT2D eigenvalue weighted by Crippen LogP contribution is 2.32. The Balaban J connectivity index is 2.12. The van der Waals surface area contributed by atoms with Gasteiger partial charge in [0.15, 0.2) is 5.12 Å². The first kappa shape index (κ1) is 12.1. The van der Waals surface area contributed by atoms with Gasteiger partial charge in [-0.1, -0.05) is 32.6 Å². The van der Waals surface area contributed by atoms with Crippen LogP contribution in [0.2, 0.25) is 0 Å². The van der Waals surface area contributed by atoms with Gasteiger partial charge in [-0.25, -0.2) is 0 Å². The number of hydrogen-bond acceptors (Lipinski definition) is 1. The van der Waals surface area contributed by atoms with E-state index in [-0.39, 0.29) is 11.0 Å². The van der Waals surface area contributed by atoms with Crippen LogP contribution in [0.1, 0.15) is 58.3 Å². The van der Waals surface area contributed by atoms with Crippen molar-refractivity contribution in [3.8, 4) is 0 Å². The highest BCUT2D eigenvalue weighted by atomic mass is 32.1. The van der Waals surface area contributed by atoms with Crippen LogP contribution in [0, 0.1) is 11.8 Å². The van der Waals surface area contributed by atoms with Gasteiger partial charge in [-0.15, -0.1) is 12.6 Å². The zero-order valence-corrected chi connectivity index (χ0v) is 10.1. The van der Waals surface area contributed by atoms with Crippen LogP contribution in [0.5, 0.6) is 0 Å². The maximum absolute atomic E-state index is 11.0. The van der Waals surface area contributed by atoms with Gasteiger partial charge in [0.1, 0.15) is 0 Å². The lowest BCUT2D eigenvalue weighted by Crippen LogP contribution is -2.18. The topological polar surface area (TPSA) is 17.1 Å². The molecule has 1 rings (SSSR count). The van der Waals surface area contributed by atoms with Crippen LogP contribution in [0.3, 0.4) is 0 Å². The third kappa shape index (κ3) is 4.04. The van der Waals surface area contributed by atoms with Crippen LogP contribution < -0.4 is 0 Å². The smallest absolute Gasteiger partial charge is 0.188 e. The monoisotopic (exact) mass is 214 g/mol. The number of carbonyl (C=O) groups is 1. The van der Waals surface area contributed by atoms with E-state index in [4.69, 9.17) is 0 Å². The van der Waals surface area contributed by atoms with E-state index < -0.39 is 0 Å². The van der Waals surface area contributed by atoms with Crippen molar-refractivity contribution in [1.82, 2.24) is 0 Å². The molecule has 0 bridgehead atoms. The van der Waals surface area contributed by atoms with E-state index in [1.54, 1.807) is 0 Å². The Hall–Kier alpha value is 0.0200. The molecule has 0 aromatic heterocycles. The van der Waals surface area contributed by atoms with E-state index in [2.05, 4.69) is 19.6 Å². The molecule has 0 aromatic rings. The fourth-order valence-electron chi connectivity index (χ4n) is 2.38. The summed E-state index contributed by atoms with van der Waals surface area (Å²) in [5.74, 6) is 1.16. The SMILES string of the molecule is CCCCCC1CCC(C(=O)S)CC1. The van der Waals surface area contributed by atoms with E-state index in [0.29, 0.717) is 0 Å². The van der Waals surface area contributed by atoms with Crippen LogP contribution in [-0.4, -0.2) is 5.12 Å². The maximum Gasteiger partial charge on any atom is 0.188 e. The van der Waals surface area contributed by atoms with Crippen molar-refractivity contribution in [1.29, 1.82) is 0 Å². The Morgan fingerprint density at radius 3 is 2.36 bits per heavy atom. The van der Waals surface area contributed by atoms with Crippen LogP contribution in [-0.2, 0) is 4.79 Å². The predicted molar refractivity (Wildman–Crippen MR) is 63.6 cm³/mol. The standard InChI is InChI=1S/C12H22OS/c1-2-3-4-5-10-6-8-11(9-7-10)12(13)14/h10-11H,2-9H2,1H3,(H,13,14). The molecular weight excluding hydrogens is 192 g/mol. The molecule has 0 N–H and O–H groups in total. The fraction of sp³-hybridized carbons (Fsp3) is 0.917. The van der Waals surface area contributed by atoms with E-state index in [1.807, 2.05) is 0 Å². The minimum absolute atomic E-state index is 0.108. The lowest BCUT2D eigenvalue weighted by atomic mass is 9.80. The molecule has 0 aliphatic heterocycles. The molecule has 0 heterocycles. The maximum atomic E-state index is 11.0. The van der Waals surface area contributed by atoms with E-state index in [9.17, 15) is 4.79 Å². The Labute approximate surface area is 93.1 Å². The molecule has 0 saturated heterocycles. The van der Waals surface area contributed by atoms with Gasteiger partial charge in [0.25, 0.3) is 0 Å². The Bertz CT molecular complexity index is 171. The Kier molecular flexibility index (Phi) is 5.61. The van der Waals surface area contributed by atoms with Gasteiger partial charge in [0.05, 0.1) is 0 Å². The second-order valence-corrected chi connectivity index (χ2v) is 4.99. The molecule has 0 radical (unpaired) electrons. The molecule has 14 heavy (non-hydrogen) atoms. The normalized spacial score (nSPS) is 27.6. The third-order valence-electron chi connectivity index (χ3n) is 3.41. The summed E-state index contributed by atoms with van der Waals surface area (Å²) in [5.41, 5.74) is 0. The summed E-state index contributed by atoms with van der Waals surface area (Å²) in [5, 5.41) is 0.108. The minimum atomic E-state index is 0.108. The van der Waals surface area contributed by atoms with Crippen LogP contribution in [0.15, 0.2) is 0 Å². The molecule has 0 aromatic carbocycles. The fourth-order valence-corrected chi connectivity index (χ4v) is 2.64. The van der Waals surface area contributed by atoms with Crippen molar-refractivity contribution in [3.05, 3.63) is 0 Å². The third-order valence-corrected chi connectivity index (χ3v) is 3.78. The Morgan fingerprint density at radius 2 is 1.86 bits per heavy atom. The zero-order valence-electron chi connectivity index (χ0n) is 9.17. The van der Waals surface area contributed by atoms with Crippen LogP contribution in [0.25, 0.3) is 0 Å². The average Bonchev–Trinajstić information content (AvgIpc) is 2.19. The molecule has 82 valence electrons. The minimum Gasteiger partial charge on any atom is -0.287 e. The summed E-state index contributed by atoms with van der Waals surface area (Å²) >= 11 is 3.92. The van der Waals surface area contributed by atoms with Crippen molar-refractivity contribution in [2.24, 2.45) is 11.8 Å². The van der Waals surface area contributed by atoms with Gasteiger partial charge in [-0.3, -0.25) is 4.79 Å². The van der Waals surface area contributed by atoms with Crippen molar-refractivity contribution in [3.63, 3.8) is 0 Å². The van der Waals surface area contributed by atoms with Gasteiger partial charge in [-0.05, 0) is 31.6 Å². The molecule has 0 atom stereocenters. The molecule has 1 saturated carbocycles. The first-order valence-electron chi connectivity index (χ1n) is 5.96. The van der Waals surface area contributed by atoms with Crippen molar-refractivity contribution in [2.45, 2.75) is 58.3 Å². The lowest BCUT2D eigenvalue weighted by Gasteiger charge is -2.26. The summed E-state index contributed by atoms with van der Waals surface area (Å²) in [6.45, 7) is 2.25. The lowest BCUT2D eigenvalue weighted by molar-refractivity contribution is -0.115. The predicted octanol–water partition coefficient (Wildman–Crippen LogP) is 3.83. The quantitative estimate of drug-likeness (QED) is 0.543. The first-order valence-corrected chi connectivity index (χ1v) is 6.41. The first-order chi connectivity index (χ1) is 6.74. The zero-order chi connectivity index (χ0) is 10.4. The number of rotatable bonds is 5. The van der Waals surface area contributed by atoms with Gasteiger partial charge in [-0.2, -0.15) is 0 Å². The van der Waals surface area contributed by atoms with E-state index in [1.165, 1.54) is 38.5 Å². The van der Waals surface area contributed by atoms with Crippen molar-refractivity contribution < 1.29 is 4.79 Å². The van der Waals surface area contributed by atoms with E-state index in [0.717, 1.165) is 18.8 Å². The number of carbonyl (C=O) groups excluding carboxylic acids is 1. The second-order valence-electron chi connectivity index (χ2n) is 4.55. The highest BCUT2D eigenvalue weighted by molar-refractivity contribution is 7.96. The molecular formula is C12H22OS. The summed E-state index contributed by atoms with van der Waals surface area (Å²) < 4.78 is 0. The molecule has 1 aliphatic rings. The summed E-state index contributed by atoms with van der Waals surface area (Å²) in [6.07, 6.45) is 10.1. The molecule has 1 aliphatic carbocycles. The second kappa shape index (κ2) is 6.49. The summed E-state index contributed by atoms with van der Waals surface area (Å²) in [7, 11) is 0. The molecule has 0 unspecified atom stereocenters. The van der Waals surface area contributed by atoms with Crippen molar-refractivity contribution >= 4 is 17.7 Å². The number of thiol groups is 1. The molecule has 1 fully saturated rings. The summed E-state index contributed by atoms with van der Waals surface area (Å²) in [6, 6.07) is 0. The van der Waals surface area contributed by atoms with Crippen molar-refractivity contribution in [2.75, 3.05) is 0 Å².